The monoisotopic (exact) mass is 439 g/mol. The van der Waals surface area contributed by atoms with E-state index in [0.717, 1.165) is 24.4 Å². The van der Waals surface area contributed by atoms with Gasteiger partial charge in [0.25, 0.3) is 0 Å². The van der Waals surface area contributed by atoms with Crippen molar-refractivity contribution in [3.05, 3.63) is 59.3 Å². The van der Waals surface area contributed by atoms with Crippen molar-refractivity contribution in [1.82, 2.24) is 20.0 Å². The number of rotatable bonds is 8. The third-order valence-corrected chi connectivity index (χ3v) is 4.12. The molecular formula is C19H17F4N5O3. The average Bonchev–Trinajstić information content (AvgIpc) is 3.23. The van der Waals surface area contributed by atoms with Gasteiger partial charge in [-0.2, -0.15) is 28.2 Å². The predicted molar refractivity (Wildman–Crippen MR) is 100 cm³/mol. The van der Waals surface area contributed by atoms with Gasteiger partial charge < -0.3 is 15.2 Å². The number of anilines is 1. The van der Waals surface area contributed by atoms with Gasteiger partial charge in [-0.05, 0) is 24.6 Å². The van der Waals surface area contributed by atoms with Crippen LogP contribution in [0.1, 0.15) is 28.4 Å². The van der Waals surface area contributed by atoms with Gasteiger partial charge in [-0.1, -0.05) is 0 Å². The number of aliphatic hydroxyl groups is 1. The fraction of sp³-hybridized carbons (Fsp3) is 0.263. The minimum Gasteiger partial charge on any atom is -0.435 e. The van der Waals surface area contributed by atoms with Gasteiger partial charge >= 0.3 is 6.18 Å². The Hall–Kier alpha value is -3.54. The molecule has 0 saturated carbocycles. The molecule has 0 aliphatic heterocycles. The molecule has 0 aliphatic carbocycles. The van der Waals surface area contributed by atoms with E-state index in [4.69, 9.17) is 9.84 Å². The summed E-state index contributed by atoms with van der Waals surface area (Å²) in [5.74, 6) is -2.49. The quantitative estimate of drug-likeness (QED) is 0.410. The maximum Gasteiger partial charge on any atom is 0.421 e. The molecule has 1 atom stereocenters. The van der Waals surface area contributed by atoms with Crippen molar-refractivity contribution in [1.29, 1.82) is 0 Å². The normalized spacial score (nSPS) is 12.5. The van der Waals surface area contributed by atoms with Crippen LogP contribution < -0.4 is 10.1 Å². The van der Waals surface area contributed by atoms with Crippen molar-refractivity contribution >= 4 is 12.0 Å². The molecule has 12 heteroatoms. The number of aldehydes is 1. The lowest BCUT2D eigenvalue weighted by molar-refractivity contribution is -0.139. The fourth-order valence-corrected chi connectivity index (χ4v) is 2.64. The zero-order chi connectivity index (χ0) is 22.6. The number of carbonyl (C=O) groups excluding carboxylic acids is 1. The van der Waals surface area contributed by atoms with E-state index >= 15 is 0 Å². The molecule has 164 valence electrons. The van der Waals surface area contributed by atoms with E-state index in [9.17, 15) is 22.4 Å². The summed E-state index contributed by atoms with van der Waals surface area (Å²) < 4.78 is 60.3. The predicted octanol–water partition coefficient (Wildman–Crippen LogP) is 3.28. The lowest BCUT2D eigenvalue weighted by Crippen LogP contribution is -2.20. The Morgan fingerprint density at radius 2 is 1.97 bits per heavy atom. The smallest absolute Gasteiger partial charge is 0.421 e. The van der Waals surface area contributed by atoms with E-state index in [1.165, 1.54) is 17.2 Å². The highest BCUT2D eigenvalue weighted by Crippen LogP contribution is 2.38. The molecule has 0 spiro atoms. The molecule has 0 unspecified atom stereocenters. The second kappa shape index (κ2) is 9.08. The third kappa shape index (κ3) is 5.34. The van der Waals surface area contributed by atoms with E-state index in [0.29, 0.717) is 6.29 Å². The number of alkyl halides is 3. The average molecular weight is 439 g/mol. The van der Waals surface area contributed by atoms with Gasteiger partial charge in [0.15, 0.2) is 17.9 Å². The van der Waals surface area contributed by atoms with Crippen molar-refractivity contribution in [3.8, 4) is 11.6 Å². The molecule has 0 fully saturated rings. The maximum atomic E-state index is 14.5. The number of halogens is 4. The van der Waals surface area contributed by atoms with Crippen LogP contribution in [0.15, 0.2) is 36.8 Å². The summed E-state index contributed by atoms with van der Waals surface area (Å²) in [7, 11) is 0. The van der Waals surface area contributed by atoms with E-state index in [1.807, 2.05) is 0 Å². The Labute approximate surface area is 173 Å². The van der Waals surface area contributed by atoms with Gasteiger partial charge in [-0.3, -0.25) is 4.79 Å². The number of aromatic nitrogens is 4. The minimum absolute atomic E-state index is 0.0591. The van der Waals surface area contributed by atoms with Crippen LogP contribution in [0.2, 0.25) is 0 Å². The fourth-order valence-electron chi connectivity index (χ4n) is 2.64. The van der Waals surface area contributed by atoms with Crippen LogP contribution >= 0.6 is 0 Å². The van der Waals surface area contributed by atoms with E-state index in [1.54, 1.807) is 6.92 Å². The summed E-state index contributed by atoms with van der Waals surface area (Å²) in [6, 6.07) is 2.18. The van der Waals surface area contributed by atoms with Crippen LogP contribution in [0.3, 0.4) is 0 Å². The number of hydrogen-bond donors (Lipinski definition) is 2. The number of nitrogens with one attached hydrogen (secondary N) is 1. The minimum atomic E-state index is -4.84. The van der Waals surface area contributed by atoms with Crippen LogP contribution in [0, 0.1) is 5.82 Å². The van der Waals surface area contributed by atoms with Crippen LogP contribution in [0.5, 0.6) is 11.6 Å². The SMILES string of the molecule is C[C@@H](CO)Nc1cc(F)c(Oc2ncc(Cn3nccn3)cc2C(F)(F)F)cc1C=O. The van der Waals surface area contributed by atoms with Crippen LogP contribution in [0.25, 0.3) is 0 Å². The van der Waals surface area contributed by atoms with Crippen molar-refractivity contribution in [3.63, 3.8) is 0 Å². The number of aliphatic hydroxyl groups excluding tert-OH is 1. The number of pyridine rings is 1. The number of ether oxygens (including phenoxy) is 1. The lowest BCUT2D eigenvalue weighted by atomic mass is 10.1. The first kappa shape index (κ1) is 22.2. The molecule has 1 aromatic carbocycles. The van der Waals surface area contributed by atoms with E-state index in [-0.39, 0.29) is 30.0 Å². The van der Waals surface area contributed by atoms with Crippen molar-refractivity contribution < 1.29 is 32.2 Å². The standard InChI is InChI=1S/C19H17F4N5O3/c1-11(9-29)27-16-6-15(20)17(5-13(16)10-30)31-18-14(19(21,22)23)4-12(7-24-18)8-28-25-2-3-26-28/h2-7,10-11,27,29H,8-9H2,1H3/t11-/m0/s1. The first-order chi connectivity index (χ1) is 14.7. The van der Waals surface area contributed by atoms with Crippen molar-refractivity contribution in [2.24, 2.45) is 0 Å². The molecule has 3 aromatic rings. The summed E-state index contributed by atoms with van der Waals surface area (Å²) >= 11 is 0. The van der Waals surface area contributed by atoms with Gasteiger partial charge in [-0.15, -0.1) is 0 Å². The molecule has 0 saturated heterocycles. The highest BCUT2D eigenvalue weighted by Gasteiger charge is 2.36. The summed E-state index contributed by atoms with van der Waals surface area (Å²) in [4.78, 5) is 16.2. The number of benzene rings is 1. The third-order valence-electron chi connectivity index (χ3n) is 4.12. The second-order valence-corrected chi connectivity index (χ2v) is 6.57. The number of carbonyl (C=O) groups is 1. The second-order valence-electron chi connectivity index (χ2n) is 6.57. The largest absolute Gasteiger partial charge is 0.435 e. The van der Waals surface area contributed by atoms with Crippen LogP contribution in [0.4, 0.5) is 23.2 Å². The maximum absolute atomic E-state index is 14.5. The molecule has 2 aromatic heterocycles. The Morgan fingerprint density at radius 1 is 1.26 bits per heavy atom. The molecule has 8 nitrogen and oxygen atoms in total. The number of nitrogens with zero attached hydrogens (tertiary/aromatic N) is 4. The molecule has 31 heavy (non-hydrogen) atoms. The molecule has 0 aliphatic rings. The zero-order valence-corrected chi connectivity index (χ0v) is 16.1. The first-order valence-electron chi connectivity index (χ1n) is 8.95. The van der Waals surface area contributed by atoms with E-state index < -0.39 is 35.2 Å². The van der Waals surface area contributed by atoms with E-state index in [2.05, 4.69) is 20.5 Å². The first-order valence-corrected chi connectivity index (χ1v) is 8.95. The van der Waals surface area contributed by atoms with Crippen LogP contribution in [-0.2, 0) is 12.7 Å². The Kier molecular flexibility index (Phi) is 6.49. The Bertz CT molecular complexity index is 1060. The summed E-state index contributed by atoms with van der Waals surface area (Å²) in [6.07, 6.45) is -0.564. The Morgan fingerprint density at radius 3 is 2.58 bits per heavy atom. The highest BCUT2D eigenvalue weighted by atomic mass is 19.4. The molecule has 0 amide bonds. The van der Waals surface area contributed by atoms with Crippen LogP contribution in [-0.4, -0.2) is 44.0 Å². The summed E-state index contributed by atoms with van der Waals surface area (Å²) in [5.41, 5.74) is -1.07. The molecule has 0 radical (unpaired) electrons. The molecular weight excluding hydrogens is 422 g/mol. The van der Waals surface area contributed by atoms with Crippen molar-refractivity contribution in [2.75, 3.05) is 11.9 Å². The van der Waals surface area contributed by atoms with Gasteiger partial charge in [0.05, 0.1) is 25.5 Å². The highest BCUT2D eigenvalue weighted by molar-refractivity contribution is 5.85. The van der Waals surface area contributed by atoms with Gasteiger partial charge in [-0.25, -0.2) is 9.37 Å². The van der Waals surface area contributed by atoms with Gasteiger partial charge in [0, 0.05) is 29.6 Å². The molecule has 2 N–H and O–H groups in total. The number of hydrogen-bond acceptors (Lipinski definition) is 7. The van der Waals surface area contributed by atoms with Crippen molar-refractivity contribution in [2.45, 2.75) is 25.7 Å². The Balaban J connectivity index is 1.95. The van der Waals surface area contributed by atoms with Gasteiger partial charge in [0.1, 0.15) is 5.56 Å². The molecule has 0 bridgehead atoms. The van der Waals surface area contributed by atoms with Gasteiger partial charge in [0.2, 0.25) is 5.88 Å². The molecule has 3 rings (SSSR count). The zero-order valence-electron chi connectivity index (χ0n) is 16.1. The summed E-state index contributed by atoms with van der Waals surface area (Å²) in [5, 5.41) is 19.5. The lowest BCUT2D eigenvalue weighted by Gasteiger charge is -2.17. The topological polar surface area (TPSA) is 102 Å². The molecule has 2 heterocycles. The summed E-state index contributed by atoms with van der Waals surface area (Å²) in [6.45, 7) is 1.25.